The largest absolute Gasteiger partial charge is 0.378 e. The van der Waals surface area contributed by atoms with Crippen molar-refractivity contribution in [2.24, 2.45) is 0 Å². The van der Waals surface area contributed by atoms with Crippen LogP contribution in [0.5, 0.6) is 0 Å². The van der Waals surface area contributed by atoms with Crippen molar-refractivity contribution in [3.63, 3.8) is 0 Å². The van der Waals surface area contributed by atoms with E-state index in [-0.39, 0.29) is 5.91 Å². The first-order valence-corrected chi connectivity index (χ1v) is 7.56. The molecule has 1 N–H and O–H groups in total. The third kappa shape index (κ3) is 2.34. The average Bonchev–Trinajstić information content (AvgIpc) is 2.66. The standard InChI is InChI=1S/C14H11BrN2O2S/c1-17-11-6-9(3-4-10(11)13(18)14(17)19)20-12-5-2-8(15)7-16-12/h2-7,13,18H,1H3. The molecule has 1 aromatic heterocycles. The number of hydrogen-bond donors (Lipinski definition) is 1. The van der Waals surface area contributed by atoms with Gasteiger partial charge >= 0.3 is 0 Å². The SMILES string of the molecule is CN1C(=O)C(O)c2ccc(Sc3ccc(Br)cn3)cc21. The number of amides is 1. The molecule has 0 saturated carbocycles. The van der Waals surface area contributed by atoms with Crippen LogP contribution in [-0.2, 0) is 4.79 Å². The lowest BCUT2D eigenvalue weighted by Gasteiger charge is -2.10. The number of aromatic nitrogens is 1. The lowest BCUT2D eigenvalue weighted by Crippen LogP contribution is -2.23. The summed E-state index contributed by atoms with van der Waals surface area (Å²) in [5.74, 6) is -0.288. The van der Waals surface area contributed by atoms with Gasteiger partial charge in [0.2, 0.25) is 0 Å². The Balaban J connectivity index is 1.90. The fraction of sp³-hybridized carbons (Fsp3) is 0.143. The molecule has 1 atom stereocenters. The van der Waals surface area contributed by atoms with Gasteiger partial charge in [-0.25, -0.2) is 4.98 Å². The third-order valence-electron chi connectivity index (χ3n) is 3.15. The summed E-state index contributed by atoms with van der Waals surface area (Å²) >= 11 is 4.86. The van der Waals surface area contributed by atoms with Crippen molar-refractivity contribution >= 4 is 39.3 Å². The second kappa shape index (κ2) is 5.20. The number of aliphatic hydroxyl groups excluding tert-OH is 1. The number of nitrogens with zero attached hydrogens (tertiary/aromatic N) is 2. The summed E-state index contributed by atoms with van der Waals surface area (Å²) in [7, 11) is 1.67. The first-order chi connectivity index (χ1) is 9.56. The normalized spacial score (nSPS) is 17.4. The lowest BCUT2D eigenvalue weighted by molar-refractivity contribution is -0.125. The van der Waals surface area contributed by atoms with Gasteiger partial charge in [-0.05, 0) is 40.2 Å². The Bertz CT molecular complexity index is 675. The van der Waals surface area contributed by atoms with Crippen LogP contribution in [0.25, 0.3) is 0 Å². The van der Waals surface area contributed by atoms with Crippen LogP contribution in [0, 0.1) is 0 Å². The van der Waals surface area contributed by atoms with Crippen LogP contribution in [-0.4, -0.2) is 23.0 Å². The number of carbonyl (C=O) groups is 1. The van der Waals surface area contributed by atoms with Crippen LogP contribution in [0.2, 0.25) is 0 Å². The molecule has 20 heavy (non-hydrogen) atoms. The molecule has 1 aliphatic heterocycles. The van der Waals surface area contributed by atoms with Crippen LogP contribution in [0.1, 0.15) is 11.7 Å². The zero-order valence-electron chi connectivity index (χ0n) is 10.6. The topological polar surface area (TPSA) is 53.4 Å². The summed E-state index contributed by atoms with van der Waals surface area (Å²) in [6.07, 6.45) is 0.703. The van der Waals surface area contributed by atoms with Gasteiger partial charge in [-0.2, -0.15) is 0 Å². The van der Waals surface area contributed by atoms with Gasteiger partial charge in [-0.1, -0.05) is 17.8 Å². The summed E-state index contributed by atoms with van der Waals surface area (Å²) in [6.45, 7) is 0. The molecule has 0 aliphatic carbocycles. The number of anilines is 1. The molecule has 0 radical (unpaired) electrons. The molecule has 102 valence electrons. The molecular weight excluding hydrogens is 340 g/mol. The van der Waals surface area contributed by atoms with Crippen LogP contribution in [0.4, 0.5) is 5.69 Å². The quantitative estimate of drug-likeness (QED) is 0.904. The lowest BCUT2D eigenvalue weighted by atomic mass is 10.1. The number of fused-ring (bicyclic) bond motifs is 1. The van der Waals surface area contributed by atoms with E-state index in [4.69, 9.17) is 0 Å². The van der Waals surface area contributed by atoms with E-state index >= 15 is 0 Å². The van der Waals surface area contributed by atoms with E-state index in [1.807, 2.05) is 24.3 Å². The monoisotopic (exact) mass is 350 g/mol. The molecule has 0 fully saturated rings. The molecule has 2 heterocycles. The number of hydrogen-bond acceptors (Lipinski definition) is 4. The highest BCUT2D eigenvalue weighted by molar-refractivity contribution is 9.10. The van der Waals surface area contributed by atoms with Gasteiger partial charge in [0.25, 0.3) is 5.91 Å². The Morgan fingerprint density at radius 2 is 2.15 bits per heavy atom. The van der Waals surface area contributed by atoms with Crippen molar-refractivity contribution < 1.29 is 9.90 Å². The molecule has 3 rings (SSSR count). The third-order valence-corrected chi connectivity index (χ3v) is 4.55. The van der Waals surface area contributed by atoms with Crippen LogP contribution >= 0.6 is 27.7 Å². The van der Waals surface area contributed by atoms with E-state index in [1.54, 1.807) is 19.3 Å². The van der Waals surface area contributed by atoms with Crippen molar-refractivity contribution in [2.75, 3.05) is 11.9 Å². The fourth-order valence-electron chi connectivity index (χ4n) is 2.09. The van der Waals surface area contributed by atoms with Gasteiger partial charge in [0.05, 0.1) is 5.69 Å². The highest BCUT2D eigenvalue weighted by Crippen LogP contribution is 2.38. The molecule has 0 saturated heterocycles. The number of likely N-dealkylation sites (N-methyl/N-ethyl adjacent to an activating group) is 1. The number of halogens is 1. The van der Waals surface area contributed by atoms with E-state index in [0.717, 1.165) is 20.1 Å². The minimum absolute atomic E-state index is 0.288. The Hall–Kier alpha value is -1.37. The number of aliphatic hydroxyl groups is 1. The van der Waals surface area contributed by atoms with E-state index in [0.29, 0.717) is 5.56 Å². The predicted octanol–water partition coefficient (Wildman–Crippen LogP) is 3.01. The van der Waals surface area contributed by atoms with Gasteiger partial charge < -0.3 is 10.0 Å². The van der Waals surface area contributed by atoms with Crippen molar-refractivity contribution in [3.8, 4) is 0 Å². The molecule has 2 aromatic rings. The van der Waals surface area contributed by atoms with Gasteiger partial charge in [-0.3, -0.25) is 4.79 Å². The van der Waals surface area contributed by atoms with E-state index in [1.165, 1.54) is 16.7 Å². The molecule has 1 aliphatic rings. The molecule has 1 aromatic carbocycles. The molecule has 0 spiro atoms. The smallest absolute Gasteiger partial charge is 0.260 e. The first kappa shape index (κ1) is 13.6. The summed E-state index contributed by atoms with van der Waals surface area (Å²) in [4.78, 5) is 18.5. The first-order valence-electron chi connectivity index (χ1n) is 5.95. The van der Waals surface area contributed by atoms with Crippen LogP contribution < -0.4 is 4.90 Å². The zero-order chi connectivity index (χ0) is 14.3. The van der Waals surface area contributed by atoms with Gasteiger partial charge in [-0.15, -0.1) is 0 Å². The average molecular weight is 351 g/mol. The fourth-order valence-corrected chi connectivity index (χ4v) is 3.11. The molecular formula is C14H11BrN2O2S. The van der Waals surface area contributed by atoms with Gasteiger partial charge in [0, 0.05) is 28.2 Å². The van der Waals surface area contributed by atoms with E-state index in [2.05, 4.69) is 20.9 Å². The highest BCUT2D eigenvalue weighted by atomic mass is 79.9. The predicted molar refractivity (Wildman–Crippen MR) is 80.9 cm³/mol. The number of carbonyl (C=O) groups excluding carboxylic acids is 1. The number of benzene rings is 1. The number of rotatable bonds is 2. The van der Waals surface area contributed by atoms with Crippen molar-refractivity contribution in [3.05, 3.63) is 46.6 Å². The number of pyridine rings is 1. The van der Waals surface area contributed by atoms with Crippen molar-refractivity contribution in [1.29, 1.82) is 0 Å². The van der Waals surface area contributed by atoms with Crippen molar-refractivity contribution in [1.82, 2.24) is 4.98 Å². The highest BCUT2D eigenvalue weighted by Gasteiger charge is 2.33. The van der Waals surface area contributed by atoms with E-state index in [9.17, 15) is 9.90 Å². The van der Waals surface area contributed by atoms with E-state index < -0.39 is 6.10 Å². The van der Waals surface area contributed by atoms with Gasteiger partial charge in [0.15, 0.2) is 6.10 Å². The summed E-state index contributed by atoms with van der Waals surface area (Å²) in [5.41, 5.74) is 1.41. The Labute approximate surface area is 129 Å². The Kier molecular flexibility index (Phi) is 3.54. The molecule has 1 amide bonds. The summed E-state index contributed by atoms with van der Waals surface area (Å²) in [6, 6.07) is 9.44. The maximum Gasteiger partial charge on any atom is 0.260 e. The minimum Gasteiger partial charge on any atom is -0.378 e. The Morgan fingerprint density at radius 1 is 1.35 bits per heavy atom. The minimum atomic E-state index is -1.04. The summed E-state index contributed by atoms with van der Waals surface area (Å²) < 4.78 is 0.934. The molecule has 0 bridgehead atoms. The Morgan fingerprint density at radius 3 is 2.85 bits per heavy atom. The van der Waals surface area contributed by atoms with Crippen molar-refractivity contribution in [2.45, 2.75) is 16.0 Å². The zero-order valence-corrected chi connectivity index (χ0v) is 13.0. The molecule has 4 nitrogen and oxygen atoms in total. The second-order valence-corrected chi connectivity index (χ2v) is 6.45. The molecule has 1 unspecified atom stereocenters. The van der Waals surface area contributed by atoms with Crippen LogP contribution in [0.3, 0.4) is 0 Å². The van der Waals surface area contributed by atoms with Crippen LogP contribution in [0.15, 0.2) is 50.9 Å². The summed E-state index contributed by atoms with van der Waals surface area (Å²) in [5, 5.41) is 10.7. The maximum atomic E-state index is 11.7. The maximum absolute atomic E-state index is 11.7. The molecule has 6 heteroatoms. The van der Waals surface area contributed by atoms with Gasteiger partial charge in [0.1, 0.15) is 5.03 Å². The second-order valence-electron chi connectivity index (χ2n) is 4.44.